The van der Waals surface area contributed by atoms with Gasteiger partial charge in [0.1, 0.15) is 0 Å². The number of hydrogen-bond donors (Lipinski definition) is 0. The molecule has 3 rings (SSSR count). The van der Waals surface area contributed by atoms with E-state index in [2.05, 4.69) is 58.0 Å². The van der Waals surface area contributed by atoms with Gasteiger partial charge < -0.3 is 9.31 Å². The molecule has 3 heteroatoms. The molecule has 1 heterocycles. The van der Waals surface area contributed by atoms with Gasteiger partial charge in [-0.15, -0.1) is 0 Å². The Bertz CT molecular complexity index is 531. The van der Waals surface area contributed by atoms with Crippen LogP contribution in [0, 0.1) is 5.41 Å². The third-order valence-corrected chi connectivity index (χ3v) is 4.72. The van der Waals surface area contributed by atoms with Gasteiger partial charge in [-0.1, -0.05) is 44.2 Å². The molecule has 0 aromatic heterocycles. The summed E-state index contributed by atoms with van der Waals surface area (Å²) in [5.41, 5.74) is 3.77. The van der Waals surface area contributed by atoms with Crippen LogP contribution in [0.1, 0.15) is 38.8 Å². The van der Waals surface area contributed by atoms with Gasteiger partial charge in [-0.25, -0.2) is 0 Å². The maximum atomic E-state index is 6.21. The predicted molar refractivity (Wildman–Crippen MR) is 78.8 cm³/mol. The molecule has 0 radical (unpaired) electrons. The molecule has 100 valence electrons. The summed E-state index contributed by atoms with van der Waals surface area (Å²) in [6.07, 6.45) is 3.16. The molecule has 0 atom stereocenters. The first kappa shape index (κ1) is 13.0. The first-order valence-electron chi connectivity index (χ1n) is 6.97. The van der Waals surface area contributed by atoms with Crippen molar-refractivity contribution in [3.8, 4) is 0 Å². The number of hydrogen-bond acceptors (Lipinski definition) is 2. The second kappa shape index (κ2) is 4.22. The third kappa shape index (κ3) is 2.15. The molecule has 0 N–H and O–H groups in total. The van der Waals surface area contributed by atoms with E-state index in [0.717, 1.165) is 13.0 Å². The Morgan fingerprint density at radius 3 is 2.53 bits per heavy atom. The van der Waals surface area contributed by atoms with Crippen LogP contribution in [0.5, 0.6) is 0 Å². The minimum absolute atomic E-state index is 0.0372. The van der Waals surface area contributed by atoms with Crippen molar-refractivity contribution in [1.82, 2.24) is 0 Å². The molecule has 2 nitrogen and oxygen atoms in total. The molecular weight excluding hydrogens is 235 g/mol. The molecule has 0 bridgehead atoms. The van der Waals surface area contributed by atoms with E-state index in [4.69, 9.17) is 9.31 Å². The molecule has 0 saturated carbocycles. The van der Waals surface area contributed by atoms with Gasteiger partial charge in [0.05, 0.1) is 5.60 Å². The zero-order chi connectivity index (χ0) is 13.7. The molecule has 1 fully saturated rings. The highest BCUT2D eigenvalue weighted by Crippen LogP contribution is 2.40. The SMILES string of the molecule is CC1(C)COB(C2=Cc3ccccc3C2)OC1(C)C. The summed E-state index contributed by atoms with van der Waals surface area (Å²) in [5, 5.41) is 0. The largest absolute Gasteiger partial charge is 0.490 e. The van der Waals surface area contributed by atoms with E-state index < -0.39 is 0 Å². The Morgan fingerprint density at radius 2 is 1.84 bits per heavy atom. The van der Waals surface area contributed by atoms with Gasteiger partial charge in [-0.3, -0.25) is 0 Å². The van der Waals surface area contributed by atoms with Crippen molar-refractivity contribution in [2.24, 2.45) is 5.41 Å². The van der Waals surface area contributed by atoms with Crippen LogP contribution in [0.15, 0.2) is 29.7 Å². The Balaban J connectivity index is 1.80. The lowest BCUT2D eigenvalue weighted by molar-refractivity contribution is -0.0952. The molecule has 1 aliphatic carbocycles. The molecule has 1 aromatic rings. The van der Waals surface area contributed by atoms with E-state index in [1.165, 1.54) is 16.6 Å². The highest BCUT2D eigenvalue weighted by Gasteiger charge is 2.47. The molecule has 1 aromatic carbocycles. The summed E-state index contributed by atoms with van der Waals surface area (Å²) in [5.74, 6) is 0. The van der Waals surface area contributed by atoms with Gasteiger partial charge in [-0.05, 0) is 36.9 Å². The van der Waals surface area contributed by atoms with Crippen LogP contribution < -0.4 is 0 Å². The lowest BCUT2D eigenvalue weighted by atomic mass is 9.68. The van der Waals surface area contributed by atoms with Crippen LogP contribution in [0.3, 0.4) is 0 Å². The number of rotatable bonds is 1. The average molecular weight is 256 g/mol. The quantitative estimate of drug-likeness (QED) is 0.716. The normalized spacial score (nSPS) is 24.0. The smallest absolute Gasteiger partial charge is 0.407 e. The topological polar surface area (TPSA) is 18.5 Å². The summed E-state index contributed by atoms with van der Waals surface area (Å²) < 4.78 is 12.2. The van der Waals surface area contributed by atoms with Gasteiger partial charge >= 0.3 is 7.12 Å². The second-order valence-electron chi connectivity index (χ2n) is 6.75. The van der Waals surface area contributed by atoms with Crippen LogP contribution in [-0.2, 0) is 15.7 Å². The maximum Gasteiger partial charge on any atom is 0.490 e. The van der Waals surface area contributed by atoms with Crippen molar-refractivity contribution in [1.29, 1.82) is 0 Å². The fourth-order valence-electron chi connectivity index (χ4n) is 2.56. The lowest BCUT2D eigenvalue weighted by Gasteiger charge is -2.47. The zero-order valence-electron chi connectivity index (χ0n) is 12.2. The molecule has 1 aliphatic heterocycles. The summed E-state index contributed by atoms with van der Waals surface area (Å²) >= 11 is 0. The summed E-state index contributed by atoms with van der Waals surface area (Å²) in [6, 6.07) is 8.50. The lowest BCUT2D eigenvalue weighted by Crippen LogP contribution is -2.55. The first-order chi connectivity index (χ1) is 8.89. The van der Waals surface area contributed by atoms with Crippen molar-refractivity contribution in [3.63, 3.8) is 0 Å². The average Bonchev–Trinajstić information content (AvgIpc) is 2.76. The van der Waals surface area contributed by atoms with Crippen LogP contribution in [-0.4, -0.2) is 19.3 Å². The van der Waals surface area contributed by atoms with Crippen LogP contribution in [0.4, 0.5) is 0 Å². The molecule has 0 unspecified atom stereocenters. The van der Waals surface area contributed by atoms with E-state index in [0.29, 0.717) is 0 Å². The number of allylic oxidation sites excluding steroid dienone is 1. The second-order valence-corrected chi connectivity index (χ2v) is 6.75. The molecule has 0 amide bonds. The minimum atomic E-state index is -0.199. The van der Waals surface area contributed by atoms with E-state index in [1.54, 1.807) is 0 Å². The van der Waals surface area contributed by atoms with Crippen molar-refractivity contribution in [3.05, 3.63) is 40.9 Å². The fourth-order valence-corrected chi connectivity index (χ4v) is 2.56. The molecule has 19 heavy (non-hydrogen) atoms. The minimum Gasteiger partial charge on any atom is -0.407 e. The van der Waals surface area contributed by atoms with E-state index in [9.17, 15) is 0 Å². The van der Waals surface area contributed by atoms with Gasteiger partial charge in [0, 0.05) is 12.0 Å². The highest BCUT2D eigenvalue weighted by atomic mass is 16.6. The van der Waals surface area contributed by atoms with Crippen LogP contribution in [0.2, 0.25) is 0 Å². The first-order valence-corrected chi connectivity index (χ1v) is 6.97. The van der Waals surface area contributed by atoms with E-state index >= 15 is 0 Å². The van der Waals surface area contributed by atoms with Gasteiger partial charge in [0.2, 0.25) is 0 Å². The summed E-state index contributed by atoms with van der Waals surface area (Å²) in [7, 11) is -0.199. The molecular formula is C16H21BO2. The Hall–Kier alpha value is -1.06. The maximum absolute atomic E-state index is 6.21. The molecule has 1 saturated heterocycles. The van der Waals surface area contributed by atoms with Gasteiger partial charge in [-0.2, -0.15) is 0 Å². The summed E-state index contributed by atoms with van der Waals surface area (Å²) in [4.78, 5) is 0. The van der Waals surface area contributed by atoms with Crippen LogP contribution >= 0.6 is 0 Å². The van der Waals surface area contributed by atoms with E-state index in [1.807, 2.05) is 0 Å². The van der Waals surface area contributed by atoms with Crippen molar-refractivity contribution in [2.45, 2.75) is 39.7 Å². The fraction of sp³-hybridized carbons (Fsp3) is 0.500. The van der Waals surface area contributed by atoms with Gasteiger partial charge in [0.15, 0.2) is 0 Å². The Morgan fingerprint density at radius 1 is 1.11 bits per heavy atom. The number of fused-ring (bicyclic) bond motifs is 1. The monoisotopic (exact) mass is 256 g/mol. The zero-order valence-corrected chi connectivity index (χ0v) is 12.2. The molecule has 2 aliphatic rings. The van der Waals surface area contributed by atoms with Crippen molar-refractivity contribution < 1.29 is 9.31 Å². The standard InChI is InChI=1S/C16H21BO2/c1-15(2)11-18-17(19-16(15,3)4)14-9-12-7-5-6-8-13(12)10-14/h5-9H,10-11H2,1-4H3. The summed E-state index contributed by atoms with van der Waals surface area (Å²) in [6.45, 7) is 9.44. The Kier molecular flexibility index (Phi) is 2.88. The van der Waals surface area contributed by atoms with Crippen molar-refractivity contribution in [2.75, 3.05) is 6.61 Å². The number of benzene rings is 1. The van der Waals surface area contributed by atoms with E-state index in [-0.39, 0.29) is 18.1 Å². The third-order valence-electron chi connectivity index (χ3n) is 4.72. The highest BCUT2D eigenvalue weighted by molar-refractivity contribution is 6.55. The van der Waals surface area contributed by atoms with Crippen molar-refractivity contribution >= 4 is 13.2 Å². The predicted octanol–water partition coefficient (Wildman–Crippen LogP) is 3.51. The van der Waals surface area contributed by atoms with Crippen LogP contribution in [0.25, 0.3) is 6.08 Å². The van der Waals surface area contributed by atoms with Gasteiger partial charge in [0.25, 0.3) is 0 Å². The Labute approximate surface area is 115 Å². The molecule has 0 spiro atoms.